The fourth-order valence-corrected chi connectivity index (χ4v) is 10.7. The predicted molar refractivity (Wildman–Crippen MR) is 228 cm³/mol. The molecule has 3 aliphatic rings. The third kappa shape index (κ3) is 3.39. The van der Waals surface area contributed by atoms with Crippen LogP contribution in [-0.2, 0) is 5.41 Å². The first kappa shape index (κ1) is 28.7. The summed E-state index contributed by atoms with van der Waals surface area (Å²) in [5.41, 5.74) is 19.2. The molecule has 1 aromatic heterocycles. The average molecular weight is 683 g/mol. The molecular weight excluding hydrogens is 651 g/mol. The molecule has 3 heterocycles. The van der Waals surface area contributed by atoms with Crippen molar-refractivity contribution in [1.29, 1.82) is 0 Å². The van der Waals surface area contributed by atoms with Gasteiger partial charge in [0.2, 0.25) is 0 Å². The largest absolute Gasteiger partial charge is 0.353 e. The molecule has 248 valence electrons. The number of nitrogens with one attached hydrogen (secondary N) is 1. The number of hydrogen-bond acceptors (Lipinski definition) is 1. The highest BCUT2D eigenvalue weighted by atomic mass is 15.2. The van der Waals surface area contributed by atoms with Crippen LogP contribution in [0.25, 0.3) is 65.6 Å². The van der Waals surface area contributed by atoms with Crippen molar-refractivity contribution in [3.05, 3.63) is 198 Å². The Hall–Kier alpha value is -6.84. The second-order valence-corrected chi connectivity index (χ2v) is 15.2. The summed E-state index contributed by atoms with van der Waals surface area (Å²) in [5.74, 6) is 0. The lowest BCUT2D eigenvalue weighted by atomic mass is 9.54. The molecule has 1 aliphatic carbocycles. The summed E-state index contributed by atoms with van der Waals surface area (Å²) < 4.78 is 0. The van der Waals surface area contributed by atoms with Crippen LogP contribution in [-0.4, -0.2) is 12.3 Å². The minimum Gasteiger partial charge on any atom is -0.353 e. The van der Waals surface area contributed by atoms with Gasteiger partial charge in [0.1, 0.15) is 0 Å². The Labute approximate surface area is 313 Å². The number of fused-ring (bicyclic) bond motifs is 18. The molecule has 9 aromatic carbocycles. The van der Waals surface area contributed by atoms with Crippen molar-refractivity contribution in [3.63, 3.8) is 0 Å². The van der Waals surface area contributed by atoms with Gasteiger partial charge in [-0.2, -0.15) is 0 Å². The molecular formula is C51H31BN2. The second-order valence-electron chi connectivity index (χ2n) is 15.2. The van der Waals surface area contributed by atoms with Gasteiger partial charge in [-0.1, -0.05) is 169 Å². The monoisotopic (exact) mass is 682 g/mol. The third-order valence-corrected chi connectivity index (χ3v) is 12.8. The molecule has 2 nitrogen and oxygen atoms in total. The molecule has 0 bridgehead atoms. The van der Waals surface area contributed by atoms with Crippen LogP contribution < -0.4 is 15.8 Å². The van der Waals surface area contributed by atoms with Crippen LogP contribution in [0.2, 0.25) is 0 Å². The van der Waals surface area contributed by atoms with Crippen LogP contribution in [0.15, 0.2) is 176 Å². The maximum absolute atomic E-state index is 3.96. The van der Waals surface area contributed by atoms with E-state index in [4.69, 9.17) is 0 Å². The lowest BCUT2D eigenvalue weighted by Crippen LogP contribution is -2.47. The Kier molecular flexibility index (Phi) is 5.42. The lowest BCUT2D eigenvalue weighted by molar-refractivity contribution is 0.754. The fourth-order valence-electron chi connectivity index (χ4n) is 10.7. The Morgan fingerprint density at radius 1 is 0.407 bits per heavy atom. The highest BCUT2D eigenvalue weighted by Crippen LogP contribution is 2.63. The van der Waals surface area contributed by atoms with Gasteiger partial charge in [-0.3, -0.25) is 0 Å². The second kappa shape index (κ2) is 10.2. The highest BCUT2D eigenvalue weighted by molar-refractivity contribution is 6.74. The topological polar surface area (TPSA) is 19.0 Å². The fraction of sp³-hybridized carbons (Fsp3) is 0.0196. The van der Waals surface area contributed by atoms with E-state index in [0.717, 1.165) is 7.28 Å². The third-order valence-electron chi connectivity index (χ3n) is 12.8. The highest BCUT2D eigenvalue weighted by Gasteiger charge is 2.53. The first-order chi connectivity index (χ1) is 26.8. The predicted octanol–water partition coefficient (Wildman–Crippen LogP) is 11.1. The van der Waals surface area contributed by atoms with Gasteiger partial charge >= 0.3 is 0 Å². The summed E-state index contributed by atoms with van der Waals surface area (Å²) >= 11 is 0. The molecule has 0 amide bonds. The van der Waals surface area contributed by atoms with Gasteiger partial charge in [-0.05, 0) is 67.3 Å². The van der Waals surface area contributed by atoms with E-state index in [9.17, 15) is 0 Å². The van der Waals surface area contributed by atoms with Crippen LogP contribution in [0.5, 0.6) is 0 Å². The van der Waals surface area contributed by atoms with Crippen LogP contribution >= 0.6 is 0 Å². The molecule has 0 radical (unpaired) electrons. The van der Waals surface area contributed by atoms with Crippen molar-refractivity contribution in [1.82, 2.24) is 4.98 Å². The van der Waals surface area contributed by atoms with Gasteiger partial charge in [-0.15, -0.1) is 0 Å². The number of H-pyrrole nitrogens is 1. The molecule has 3 heteroatoms. The summed E-state index contributed by atoms with van der Waals surface area (Å²) in [6, 6.07) is 66.0. The first-order valence-corrected chi connectivity index (χ1v) is 19.0. The van der Waals surface area contributed by atoms with Crippen LogP contribution in [0, 0.1) is 0 Å². The molecule has 1 spiro atoms. The Balaban J connectivity index is 1.14. The molecule has 10 aromatic rings. The maximum atomic E-state index is 3.96. The van der Waals surface area contributed by atoms with E-state index in [0.29, 0.717) is 0 Å². The van der Waals surface area contributed by atoms with Crippen LogP contribution in [0.1, 0.15) is 22.3 Å². The molecule has 0 saturated heterocycles. The number of rotatable bonds is 1. The van der Waals surface area contributed by atoms with Crippen molar-refractivity contribution < 1.29 is 0 Å². The molecule has 1 N–H and O–H groups in total. The number of benzene rings is 9. The quantitative estimate of drug-likeness (QED) is 0.171. The Morgan fingerprint density at radius 2 is 1.02 bits per heavy atom. The molecule has 0 atom stereocenters. The van der Waals surface area contributed by atoms with Crippen molar-refractivity contribution >= 4 is 78.6 Å². The maximum Gasteiger partial charge on any atom is 0.198 e. The first-order valence-electron chi connectivity index (χ1n) is 19.0. The van der Waals surface area contributed by atoms with Crippen molar-refractivity contribution in [3.8, 4) is 22.3 Å². The number of para-hydroxylation sites is 3. The van der Waals surface area contributed by atoms with E-state index in [-0.39, 0.29) is 0 Å². The summed E-state index contributed by atoms with van der Waals surface area (Å²) in [7, 11) is 0.844. The van der Waals surface area contributed by atoms with Crippen molar-refractivity contribution in [2.24, 2.45) is 0 Å². The number of hydrogen-bond donors (Lipinski definition) is 1. The Morgan fingerprint density at radius 3 is 1.85 bits per heavy atom. The number of nitrogens with zero attached hydrogens (tertiary/aromatic N) is 1. The smallest absolute Gasteiger partial charge is 0.198 e. The molecule has 13 rings (SSSR count). The van der Waals surface area contributed by atoms with Gasteiger partial charge in [-0.25, -0.2) is 0 Å². The van der Waals surface area contributed by atoms with Crippen molar-refractivity contribution in [2.75, 3.05) is 4.90 Å². The standard InChI is InChI=1S/C51H31BN2/c1-3-15-32-30(13-1)27-28-38-36-19-11-20-37(48(36)53-47(32)38)39-29-31-14-2-4-16-33(31)49-46(39)52-44-25-12-24-43-50(44)54(49)45-26-10-9-23-42(45)51(43)40-21-7-5-17-34(40)35-18-6-8-22-41(35)51/h1-29,52-53H. The zero-order valence-electron chi connectivity index (χ0n) is 29.4. The van der Waals surface area contributed by atoms with E-state index < -0.39 is 5.41 Å². The minimum atomic E-state index is -0.421. The summed E-state index contributed by atoms with van der Waals surface area (Å²) in [5, 5.41) is 7.57. The Bertz CT molecular complexity index is 3230. The van der Waals surface area contributed by atoms with Gasteiger partial charge < -0.3 is 9.88 Å². The molecule has 54 heavy (non-hydrogen) atoms. The van der Waals surface area contributed by atoms with Gasteiger partial charge in [0, 0.05) is 38.5 Å². The number of aromatic nitrogens is 1. The zero-order chi connectivity index (χ0) is 35.1. The van der Waals surface area contributed by atoms with E-state index in [1.807, 2.05) is 0 Å². The van der Waals surface area contributed by atoms with E-state index in [1.165, 1.54) is 116 Å². The minimum absolute atomic E-state index is 0.421. The molecule has 0 fully saturated rings. The van der Waals surface area contributed by atoms with Crippen LogP contribution in [0.4, 0.5) is 17.1 Å². The number of aromatic amines is 1. The van der Waals surface area contributed by atoms with Crippen LogP contribution in [0.3, 0.4) is 0 Å². The average Bonchev–Trinajstić information content (AvgIpc) is 3.77. The zero-order valence-corrected chi connectivity index (χ0v) is 29.4. The molecule has 0 unspecified atom stereocenters. The SMILES string of the molecule is B1c2cccc3c2N(c2ccccc2C32c3ccccc3-c3ccccc32)c2c1c(-c1cccc3c1[nH]c1c4ccccc4ccc31)cc1ccccc21. The summed E-state index contributed by atoms with van der Waals surface area (Å²) in [4.78, 5) is 6.60. The number of anilines is 3. The van der Waals surface area contributed by atoms with Gasteiger partial charge in [0.25, 0.3) is 0 Å². The van der Waals surface area contributed by atoms with E-state index >= 15 is 0 Å². The summed E-state index contributed by atoms with van der Waals surface area (Å²) in [6.07, 6.45) is 0. The lowest BCUT2D eigenvalue weighted by Gasteiger charge is -2.48. The molecule has 2 aliphatic heterocycles. The van der Waals surface area contributed by atoms with E-state index in [1.54, 1.807) is 0 Å². The van der Waals surface area contributed by atoms with Gasteiger partial charge in [0.15, 0.2) is 7.28 Å². The summed E-state index contributed by atoms with van der Waals surface area (Å²) in [6.45, 7) is 0. The van der Waals surface area contributed by atoms with Crippen molar-refractivity contribution in [2.45, 2.75) is 5.41 Å². The van der Waals surface area contributed by atoms with Gasteiger partial charge in [0.05, 0.1) is 22.1 Å². The molecule has 0 saturated carbocycles. The normalized spacial score (nSPS) is 14.2. The van der Waals surface area contributed by atoms with E-state index in [2.05, 4.69) is 186 Å².